The maximum atomic E-state index is 12.0. The molecule has 2 aliphatic rings. The highest BCUT2D eigenvalue weighted by Gasteiger charge is 2.52. The van der Waals surface area contributed by atoms with E-state index in [9.17, 15) is 10.1 Å². The van der Waals surface area contributed by atoms with Crippen molar-refractivity contribution in [1.82, 2.24) is 5.32 Å². The van der Waals surface area contributed by atoms with Gasteiger partial charge in [0, 0.05) is 0 Å². The zero-order chi connectivity index (χ0) is 13.3. The molecule has 1 aromatic carbocycles. The monoisotopic (exact) mass is 256 g/mol. The molecule has 1 heterocycles. The predicted octanol–water partition coefficient (Wildman–Crippen LogP) is 1.56. The number of rotatable bonds is 2. The van der Waals surface area contributed by atoms with E-state index in [1.807, 2.05) is 30.3 Å². The molecule has 1 aliphatic carbocycles. The molecule has 3 rings (SSSR count). The van der Waals surface area contributed by atoms with Crippen LogP contribution in [0.5, 0.6) is 0 Å². The van der Waals surface area contributed by atoms with Gasteiger partial charge in [0.1, 0.15) is 17.7 Å². The average Bonchev–Trinajstić information content (AvgIpc) is 2.84. The summed E-state index contributed by atoms with van der Waals surface area (Å²) in [5, 5.41) is 12.7. The van der Waals surface area contributed by atoms with E-state index in [2.05, 4.69) is 11.4 Å². The summed E-state index contributed by atoms with van der Waals surface area (Å²) in [5.74, 6) is -0.235. The first kappa shape index (κ1) is 12.2. The lowest BCUT2D eigenvalue weighted by molar-refractivity contribution is -0.161. The van der Waals surface area contributed by atoms with Gasteiger partial charge in [-0.05, 0) is 31.2 Å². The van der Waals surface area contributed by atoms with Crippen LogP contribution in [-0.2, 0) is 16.0 Å². The van der Waals surface area contributed by atoms with Crippen molar-refractivity contribution in [2.45, 2.75) is 43.4 Å². The highest BCUT2D eigenvalue weighted by atomic mass is 16.6. The molecule has 1 aromatic rings. The van der Waals surface area contributed by atoms with Crippen molar-refractivity contribution in [2.75, 3.05) is 0 Å². The molecule has 98 valence electrons. The van der Waals surface area contributed by atoms with E-state index in [1.165, 1.54) is 0 Å². The quantitative estimate of drug-likeness (QED) is 0.816. The van der Waals surface area contributed by atoms with Gasteiger partial charge >= 0.3 is 5.97 Å². The Bertz CT molecular complexity index is 523. The molecule has 0 aromatic heterocycles. The third-order valence-electron chi connectivity index (χ3n) is 4.04. The Hall–Kier alpha value is -1.86. The Morgan fingerprint density at radius 2 is 2.21 bits per heavy atom. The Kier molecular flexibility index (Phi) is 3.00. The van der Waals surface area contributed by atoms with Crippen molar-refractivity contribution in [1.29, 1.82) is 5.26 Å². The molecule has 0 spiro atoms. The summed E-state index contributed by atoms with van der Waals surface area (Å²) in [6, 6.07) is 11.7. The van der Waals surface area contributed by atoms with Gasteiger partial charge in [-0.25, -0.2) is 0 Å². The van der Waals surface area contributed by atoms with Gasteiger partial charge in [0.2, 0.25) is 0 Å². The minimum atomic E-state index is -0.673. The highest BCUT2D eigenvalue weighted by Crippen LogP contribution is 2.35. The Balaban J connectivity index is 1.79. The van der Waals surface area contributed by atoms with E-state index in [4.69, 9.17) is 4.74 Å². The summed E-state index contributed by atoms with van der Waals surface area (Å²) >= 11 is 0. The lowest BCUT2D eigenvalue weighted by Crippen LogP contribution is -2.63. The Morgan fingerprint density at radius 3 is 2.95 bits per heavy atom. The maximum Gasteiger partial charge on any atom is 0.323 e. The molecule has 4 heteroatoms. The summed E-state index contributed by atoms with van der Waals surface area (Å²) in [4.78, 5) is 12.0. The largest absolute Gasteiger partial charge is 0.458 e. The number of nitrogens with zero attached hydrogens (tertiary/aromatic N) is 1. The molecule has 4 nitrogen and oxygen atoms in total. The number of hydrogen-bond donors (Lipinski definition) is 1. The van der Waals surface area contributed by atoms with E-state index in [0.29, 0.717) is 6.42 Å². The molecule has 1 unspecified atom stereocenters. The number of carbonyl (C=O) groups is 1. The van der Waals surface area contributed by atoms with E-state index in [-0.39, 0.29) is 12.1 Å². The Morgan fingerprint density at radius 1 is 1.42 bits per heavy atom. The first-order valence-corrected chi connectivity index (χ1v) is 6.67. The minimum absolute atomic E-state index is 0.235. The fraction of sp³-hybridized carbons (Fsp3) is 0.467. The fourth-order valence-electron chi connectivity index (χ4n) is 3.03. The van der Waals surface area contributed by atoms with Gasteiger partial charge in [-0.3, -0.25) is 10.1 Å². The normalized spacial score (nSPS) is 33.3. The number of nitriles is 1. The van der Waals surface area contributed by atoms with Crippen molar-refractivity contribution in [3.8, 4) is 6.07 Å². The second kappa shape index (κ2) is 4.67. The third-order valence-corrected chi connectivity index (χ3v) is 4.04. The second-order valence-electron chi connectivity index (χ2n) is 5.29. The molecule has 0 amide bonds. The zero-order valence-electron chi connectivity index (χ0n) is 10.6. The number of morpholine rings is 1. The van der Waals surface area contributed by atoms with Crippen molar-refractivity contribution in [3.63, 3.8) is 0 Å². The number of carbonyl (C=O) groups excluding carboxylic acids is 1. The van der Waals surface area contributed by atoms with Crippen molar-refractivity contribution in [3.05, 3.63) is 35.9 Å². The maximum absolute atomic E-state index is 12.0. The summed E-state index contributed by atoms with van der Waals surface area (Å²) in [7, 11) is 0. The highest BCUT2D eigenvalue weighted by molar-refractivity contribution is 5.78. The molecule has 3 atom stereocenters. The smallest absolute Gasteiger partial charge is 0.323 e. The fourth-order valence-corrected chi connectivity index (χ4v) is 3.03. The van der Waals surface area contributed by atoms with E-state index in [0.717, 1.165) is 24.8 Å². The molecule has 1 saturated carbocycles. The summed E-state index contributed by atoms with van der Waals surface area (Å²) in [6.45, 7) is 0. The molecular weight excluding hydrogens is 240 g/mol. The molecule has 2 fully saturated rings. The number of ether oxygens (including phenoxy) is 1. The van der Waals surface area contributed by atoms with Crippen LogP contribution in [0.4, 0.5) is 0 Å². The van der Waals surface area contributed by atoms with E-state index >= 15 is 0 Å². The zero-order valence-corrected chi connectivity index (χ0v) is 10.6. The van der Waals surface area contributed by atoms with Crippen LogP contribution in [0.2, 0.25) is 0 Å². The van der Waals surface area contributed by atoms with E-state index in [1.54, 1.807) is 0 Å². The van der Waals surface area contributed by atoms with Crippen LogP contribution in [0.25, 0.3) is 0 Å². The first-order chi connectivity index (χ1) is 9.23. The molecule has 0 radical (unpaired) electrons. The standard InChI is InChI=1S/C15H16N2O2/c16-10-15-8-4-7-13(15)19-14(18)12(17-15)9-11-5-2-1-3-6-11/h1-3,5-6,12-13,17H,4,7-9H2/t12-,13?,15-/m0/s1. The number of hydrogen-bond acceptors (Lipinski definition) is 4. The summed E-state index contributed by atoms with van der Waals surface area (Å²) in [5.41, 5.74) is 0.398. The molecular formula is C15H16N2O2. The van der Waals surface area contributed by atoms with Crippen LogP contribution >= 0.6 is 0 Å². The van der Waals surface area contributed by atoms with Gasteiger partial charge in [-0.15, -0.1) is 0 Å². The van der Waals surface area contributed by atoms with Gasteiger partial charge in [-0.2, -0.15) is 5.26 Å². The molecule has 1 N–H and O–H groups in total. The van der Waals surface area contributed by atoms with Crippen molar-refractivity contribution < 1.29 is 9.53 Å². The first-order valence-electron chi connectivity index (χ1n) is 6.67. The molecule has 19 heavy (non-hydrogen) atoms. The third kappa shape index (κ3) is 2.11. The summed E-state index contributed by atoms with van der Waals surface area (Å²) in [6.07, 6.45) is 2.75. The van der Waals surface area contributed by atoms with Crippen LogP contribution in [0.15, 0.2) is 30.3 Å². The SMILES string of the molecule is N#C[C@@]12CCCC1OC(=O)[C@H](Cc1ccccc1)N2. The topological polar surface area (TPSA) is 62.1 Å². The van der Waals surface area contributed by atoms with Crippen molar-refractivity contribution >= 4 is 5.97 Å². The number of nitrogens with one attached hydrogen (secondary N) is 1. The van der Waals surface area contributed by atoms with Gasteiger partial charge in [0.05, 0.1) is 6.07 Å². The number of esters is 1. The van der Waals surface area contributed by atoms with Crippen LogP contribution in [-0.4, -0.2) is 23.7 Å². The molecule has 1 saturated heterocycles. The minimum Gasteiger partial charge on any atom is -0.458 e. The van der Waals surface area contributed by atoms with Gasteiger partial charge in [0.15, 0.2) is 0 Å². The molecule has 1 aliphatic heterocycles. The number of benzene rings is 1. The van der Waals surface area contributed by atoms with Crippen LogP contribution in [0.3, 0.4) is 0 Å². The lowest BCUT2D eigenvalue weighted by atomic mass is 9.91. The van der Waals surface area contributed by atoms with Gasteiger partial charge in [0.25, 0.3) is 0 Å². The van der Waals surface area contributed by atoms with Gasteiger partial charge < -0.3 is 4.74 Å². The van der Waals surface area contributed by atoms with Crippen LogP contribution in [0, 0.1) is 11.3 Å². The molecule has 0 bridgehead atoms. The van der Waals surface area contributed by atoms with Crippen LogP contribution in [0.1, 0.15) is 24.8 Å². The predicted molar refractivity (Wildman–Crippen MR) is 69.1 cm³/mol. The summed E-state index contributed by atoms with van der Waals surface area (Å²) < 4.78 is 5.47. The Labute approximate surface area is 112 Å². The van der Waals surface area contributed by atoms with E-state index < -0.39 is 11.6 Å². The van der Waals surface area contributed by atoms with Gasteiger partial charge in [-0.1, -0.05) is 30.3 Å². The van der Waals surface area contributed by atoms with Crippen LogP contribution < -0.4 is 5.32 Å². The second-order valence-corrected chi connectivity index (χ2v) is 5.29. The number of fused-ring (bicyclic) bond motifs is 1. The van der Waals surface area contributed by atoms with Crippen molar-refractivity contribution in [2.24, 2.45) is 0 Å². The lowest BCUT2D eigenvalue weighted by Gasteiger charge is -2.38. The average molecular weight is 256 g/mol.